The van der Waals surface area contributed by atoms with Gasteiger partial charge in [0.25, 0.3) is 0 Å². The summed E-state index contributed by atoms with van der Waals surface area (Å²) in [6, 6.07) is 0.314. The van der Waals surface area contributed by atoms with Crippen molar-refractivity contribution in [3.8, 4) is 0 Å². The maximum atomic E-state index is 12.4. The molecule has 28 heavy (non-hydrogen) atoms. The van der Waals surface area contributed by atoms with Crippen LogP contribution in [0, 0.1) is 5.92 Å². The molecule has 0 aromatic carbocycles. The zero-order valence-corrected chi connectivity index (χ0v) is 18.0. The molecule has 1 unspecified atom stereocenters. The van der Waals surface area contributed by atoms with Gasteiger partial charge in [0, 0.05) is 51.9 Å². The Morgan fingerprint density at radius 3 is 2.57 bits per heavy atom. The second kappa shape index (κ2) is 11.5. The number of guanidine groups is 1. The highest BCUT2D eigenvalue weighted by Crippen LogP contribution is 2.28. The maximum absolute atomic E-state index is 12.4. The fourth-order valence-electron chi connectivity index (χ4n) is 2.99. The van der Waals surface area contributed by atoms with Gasteiger partial charge in [-0.15, -0.1) is 0 Å². The molecular weight excluding hydrogens is 360 g/mol. The van der Waals surface area contributed by atoms with Crippen molar-refractivity contribution in [3.63, 3.8) is 0 Å². The summed E-state index contributed by atoms with van der Waals surface area (Å²) in [5.74, 6) is 1.30. The molecule has 1 aliphatic heterocycles. The third-order valence-electron chi connectivity index (χ3n) is 4.62. The number of rotatable bonds is 10. The average molecular weight is 399 g/mol. The van der Waals surface area contributed by atoms with Crippen molar-refractivity contribution in [2.24, 2.45) is 10.9 Å². The van der Waals surface area contributed by atoms with Gasteiger partial charge in [-0.25, -0.2) is 4.79 Å². The first-order valence-electron chi connectivity index (χ1n) is 10.5. The van der Waals surface area contributed by atoms with Crippen molar-refractivity contribution >= 4 is 12.1 Å². The highest BCUT2D eigenvalue weighted by atomic mass is 16.6. The minimum atomic E-state index is -0.470. The van der Waals surface area contributed by atoms with Crippen molar-refractivity contribution in [3.05, 3.63) is 0 Å². The van der Waals surface area contributed by atoms with Crippen LogP contribution in [0.15, 0.2) is 4.99 Å². The van der Waals surface area contributed by atoms with Gasteiger partial charge in [-0.1, -0.05) is 0 Å². The fraction of sp³-hybridized carbons (Fsp3) is 0.900. The highest BCUT2D eigenvalue weighted by Gasteiger charge is 2.34. The largest absolute Gasteiger partial charge is 0.444 e. The van der Waals surface area contributed by atoms with Crippen LogP contribution in [0.1, 0.15) is 46.5 Å². The number of hydrogen-bond acceptors (Lipinski definition) is 5. The van der Waals surface area contributed by atoms with Gasteiger partial charge in [0.05, 0.1) is 13.2 Å². The van der Waals surface area contributed by atoms with Crippen LogP contribution in [0.4, 0.5) is 4.79 Å². The topological polar surface area (TPSA) is 84.4 Å². The normalized spacial score (nSPS) is 20.1. The molecule has 0 radical (unpaired) electrons. The van der Waals surface area contributed by atoms with E-state index in [0.717, 1.165) is 64.6 Å². The van der Waals surface area contributed by atoms with E-state index in [2.05, 4.69) is 15.6 Å². The lowest BCUT2D eigenvalue weighted by atomic mass is 10.1. The Bertz CT molecular complexity index is 497. The number of amides is 1. The van der Waals surface area contributed by atoms with E-state index in [1.54, 1.807) is 7.05 Å². The summed E-state index contributed by atoms with van der Waals surface area (Å²) in [4.78, 5) is 18.4. The van der Waals surface area contributed by atoms with Crippen LogP contribution >= 0.6 is 0 Å². The molecule has 1 saturated carbocycles. The SMILES string of the molecule is CN=C(NCCCOCC1CCOC1)NCCN(C(=O)OC(C)(C)C)C1CC1. The van der Waals surface area contributed by atoms with E-state index < -0.39 is 5.60 Å². The molecular formula is C20H38N4O4. The predicted octanol–water partition coefficient (Wildman–Crippen LogP) is 1.99. The Balaban J connectivity index is 1.57. The number of carbonyl (C=O) groups is 1. The van der Waals surface area contributed by atoms with Gasteiger partial charge in [0.2, 0.25) is 0 Å². The van der Waals surface area contributed by atoms with Crippen LogP contribution < -0.4 is 10.6 Å². The number of nitrogens with one attached hydrogen (secondary N) is 2. The summed E-state index contributed by atoms with van der Waals surface area (Å²) in [6.07, 6.45) is 3.90. The molecule has 2 rings (SSSR count). The molecule has 0 spiro atoms. The molecule has 1 heterocycles. The van der Waals surface area contributed by atoms with Crippen LogP contribution in [0.2, 0.25) is 0 Å². The van der Waals surface area contributed by atoms with Gasteiger partial charge in [0.15, 0.2) is 5.96 Å². The third kappa shape index (κ3) is 9.10. The van der Waals surface area contributed by atoms with Crippen LogP contribution in [0.5, 0.6) is 0 Å². The monoisotopic (exact) mass is 398 g/mol. The number of nitrogens with zero attached hydrogens (tertiary/aromatic N) is 2. The lowest BCUT2D eigenvalue weighted by Gasteiger charge is -2.27. The third-order valence-corrected chi connectivity index (χ3v) is 4.62. The smallest absolute Gasteiger partial charge is 0.410 e. The van der Waals surface area contributed by atoms with Crippen LogP contribution in [0.3, 0.4) is 0 Å². The van der Waals surface area contributed by atoms with E-state index in [4.69, 9.17) is 14.2 Å². The fourth-order valence-corrected chi connectivity index (χ4v) is 2.99. The molecule has 8 nitrogen and oxygen atoms in total. The number of aliphatic imine (C=N–C) groups is 1. The second-order valence-corrected chi connectivity index (χ2v) is 8.49. The summed E-state index contributed by atoms with van der Waals surface area (Å²) >= 11 is 0. The van der Waals surface area contributed by atoms with Gasteiger partial charge in [-0.2, -0.15) is 0 Å². The molecule has 8 heteroatoms. The van der Waals surface area contributed by atoms with Crippen LogP contribution in [0.25, 0.3) is 0 Å². The van der Waals surface area contributed by atoms with E-state index in [9.17, 15) is 4.79 Å². The minimum absolute atomic E-state index is 0.232. The van der Waals surface area contributed by atoms with Gasteiger partial charge in [-0.3, -0.25) is 4.99 Å². The van der Waals surface area contributed by atoms with Gasteiger partial charge < -0.3 is 29.7 Å². The summed E-state index contributed by atoms with van der Waals surface area (Å²) < 4.78 is 16.6. The molecule has 162 valence electrons. The zero-order valence-electron chi connectivity index (χ0n) is 18.0. The maximum Gasteiger partial charge on any atom is 0.410 e. The molecule has 2 aliphatic rings. The molecule has 1 atom stereocenters. The Kier molecular flexibility index (Phi) is 9.31. The summed E-state index contributed by atoms with van der Waals surface area (Å²) in [6.45, 7) is 10.9. The van der Waals surface area contributed by atoms with E-state index in [0.29, 0.717) is 25.0 Å². The molecule has 1 amide bonds. The number of hydrogen-bond donors (Lipinski definition) is 2. The molecule has 1 aliphatic carbocycles. The number of ether oxygens (including phenoxy) is 3. The molecule has 0 aromatic rings. The molecule has 0 bridgehead atoms. The van der Waals surface area contributed by atoms with E-state index in [1.807, 2.05) is 25.7 Å². The van der Waals surface area contributed by atoms with E-state index in [1.165, 1.54) is 0 Å². The van der Waals surface area contributed by atoms with Crippen molar-refractivity contribution in [1.29, 1.82) is 0 Å². The van der Waals surface area contributed by atoms with Crippen LogP contribution in [-0.4, -0.2) is 81.7 Å². The molecule has 2 N–H and O–H groups in total. The Labute approximate surface area is 169 Å². The molecule has 2 fully saturated rings. The van der Waals surface area contributed by atoms with Crippen molar-refractivity contribution in [2.45, 2.75) is 58.1 Å². The van der Waals surface area contributed by atoms with Crippen LogP contribution in [-0.2, 0) is 14.2 Å². The zero-order chi connectivity index (χ0) is 20.4. The van der Waals surface area contributed by atoms with Gasteiger partial charge >= 0.3 is 6.09 Å². The Morgan fingerprint density at radius 2 is 1.96 bits per heavy atom. The highest BCUT2D eigenvalue weighted by molar-refractivity contribution is 5.79. The van der Waals surface area contributed by atoms with Crippen molar-refractivity contribution in [1.82, 2.24) is 15.5 Å². The van der Waals surface area contributed by atoms with E-state index >= 15 is 0 Å². The second-order valence-electron chi connectivity index (χ2n) is 8.49. The number of carbonyl (C=O) groups excluding carboxylic acids is 1. The van der Waals surface area contributed by atoms with Crippen molar-refractivity contribution in [2.75, 3.05) is 53.1 Å². The first kappa shape index (κ1) is 22.7. The first-order valence-corrected chi connectivity index (χ1v) is 10.5. The minimum Gasteiger partial charge on any atom is -0.444 e. The quantitative estimate of drug-likeness (QED) is 0.333. The summed E-state index contributed by atoms with van der Waals surface area (Å²) in [5.41, 5.74) is -0.470. The lowest BCUT2D eigenvalue weighted by molar-refractivity contribution is 0.0237. The van der Waals surface area contributed by atoms with Gasteiger partial charge in [0.1, 0.15) is 5.60 Å². The first-order chi connectivity index (χ1) is 13.4. The average Bonchev–Trinajstić information content (AvgIpc) is 3.32. The standard InChI is InChI=1S/C20H38N4O4/c1-20(2,3)28-19(25)24(17-6-7-17)11-10-23-18(21-4)22-9-5-12-26-14-16-8-13-27-15-16/h16-17H,5-15H2,1-4H3,(H2,21,22,23). The molecule has 1 saturated heterocycles. The van der Waals surface area contributed by atoms with E-state index in [-0.39, 0.29) is 6.09 Å². The van der Waals surface area contributed by atoms with Crippen molar-refractivity contribution < 1.29 is 19.0 Å². The summed E-state index contributed by atoms with van der Waals surface area (Å²) in [5, 5.41) is 6.55. The molecule has 0 aromatic heterocycles. The lowest BCUT2D eigenvalue weighted by Crippen LogP contribution is -2.45. The predicted molar refractivity (Wildman–Crippen MR) is 110 cm³/mol. The Morgan fingerprint density at radius 1 is 1.21 bits per heavy atom. The summed E-state index contributed by atoms with van der Waals surface area (Å²) in [7, 11) is 1.75. The Hall–Kier alpha value is -1.54. The van der Waals surface area contributed by atoms with Gasteiger partial charge in [-0.05, 0) is 46.5 Å².